The monoisotopic (exact) mass is 375 g/mol. The van der Waals surface area contributed by atoms with Crippen LogP contribution in [0.15, 0.2) is 47.5 Å². The van der Waals surface area contributed by atoms with E-state index in [0.717, 1.165) is 5.39 Å². The van der Waals surface area contributed by atoms with Gasteiger partial charge in [0, 0.05) is 27.9 Å². The molecular weight excluding hydrogens is 361 g/mol. The molecule has 138 valence electrons. The molecule has 0 atom stereocenters. The van der Waals surface area contributed by atoms with Crippen molar-refractivity contribution in [2.45, 2.75) is 0 Å². The van der Waals surface area contributed by atoms with Crippen LogP contribution in [0.1, 0.15) is 0 Å². The molecule has 3 aromatic heterocycles. The largest absolute Gasteiger partial charge is 0.494 e. The molecule has 0 radical (unpaired) electrons. The number of nitrogens with one attached hydrogen (secondary N) is 2. The van der Waals surface area contributed by atoms with Gasteiger partial charge < -0.3 is 15.5 Å². The Hall–Kier alpha value is -3.94. The van der Waals surface area contributed by atoms with Crippen molar-refractivity contribution in [1.82, 2.24) is 20.2 Å². The zero-order chi connectivity index (χ0) is 19.4. The fourth-order valence-corrected chi connectivity index (χ4v) is 3.66. The molecule has 5 aromatic rings. The first kappa shape index (κ1) is 16.2. The van der Waals surface area contributed by atoms with Crippen molar-refractivity contribution in [1.29, 1.82) is 0 Å². The average molecular weight is 375 g/mol. The lowest BCUT2D eigenvalue weighted by Gasteiger charge is -2.14. The molecule has 0 saturated carbocycles. The molecule has 0 aliphatic heterocycles. The fourth-order valence-electron chi connectivity index (χ4n) is 3.66. The van der Waals surface area contributed by atoms with Gasteiger partial charge in [-0.1, -0.05) is 6.07 Å². The summed E-state index contributed by atoms with van der Waals surface area (Å²) in [6.07, 6.45) is 3.17. The Kier molecular flexibility index (Phi) is 3.35. The highest BCUT2D eigenvalue weighted by Gasteiger charge is 2.20. The zero-order valence-corrected chi connectivity index (χ0v) is 14.7. The Morgan fingerprint density at radius 2 is 2.00 bits per heavy atom. The van der Waals surface area contributed by atoms with Crippen molar-refractivity contribution in [3.8, 4) is 16.9 Å². The second kappa shape index (κ2) is 5.78. The predicted molar refractivity (Wildman–Crippen MR) is 106 cm³/mol. The molecule has 0 amide bonds. The van der Waals surface area contributed by atoms with Gasteiger partial charge in [0.2, 0.25) is 0 Å². The van der Waals surface area contributed by atoms with E-state index in [2.05, 4.69) is 20.2 Å². The molecule has 4 N–H and O–H groups in total. The van der Waals surface area contributed by atoms with Gasteiger partial charge in [0.05, 0.1) is 18.8 Å². The standard InChI is InChI=1S/C20H14FN5O2/c1-28-14-7-11-15(9-4-5-13(21)18-12(9)8-24-26-18)16(22)20(27)25-17(11)10-3-2-6-23-19(10)14/h2-8H,22H2,1H3,(H,24,26)(H,25,27). The highest BCUT2D eigenvalue weighted by Crippen LogP contribution is 2.40. The van der Waals surface area contributed by atoms with Gasteiger partial charge in [0.25, 0.3) is 5.56 Å². The average Bonchev–Trinajstić information content (AvgIpc) is 3.21. The molecule has 3 heterocycles. The highest BCUT2D eigenvalue weighted by molar-refractivity contribution is 6.15. The summed E-state index contributed by atoms with van der Waals surface area (Å²) in [5.74, 6) is 0.109. The van der Waals surface area contributed by atoms with Gasteiger partial charge in [-0.05, 0) is 29.8 Å². The summed E-state index contributed by atoms with van der Waals surface area (Å²) in [4.78, 5) is 19.8. The third kappa shape index (κ3) is 2.11. The molecule has 0 spiro atoms. The summed E-state index contributed by atoms with van der Waals surface area (Å²) in [5.41, 5.74) is 8.34. The number of anilines is 1. The van der Waals surface area contributed by atoms with Gasteiger partial charge in [-0.25, -0.2) is 4.39 Å². The molecule has 8 heteroatoms. The van der Waals surface area contributed by atoms with Crippen molar-refractivity contribution in [3.63, 3.8) is 0 Å². The van der Waals surface area contributed by atoms with Crippen LogP contribution >= 0.6 is 0 Å². The molecule has 0 fully saturated rings. The Labute approximate surface area is 157 Å². The number of nitrogen functional groups attached to an aromatic ring is 1. The van der Waals surface area contributed by atoms with E-state index in [4.69, 9.17) is 10.5 Å². The summed E-state index contributed by atoms with van der Waals surface area (Å²) in [5, 5.41) is 8.51. The van der Waals surface area contributed by atoms with Crippen LogP contribution in [0.25, 0.3) is 43.8 Å². The molecule has 28 heavy (non-hydrogen) atoms. The summed E-state index contributed by atoms with van der Waals surface area (Å²) in [6, 6.07) is 8.32. The maximum atomic E-state index is 14.1. The Balaban J connectivity index is 2.03. The van der Waals surface area contributed by atoms with E-state index in [1.807, 2.05) is 6.07 Å². The van der Waals surface area contributed by atoms with Crippen LogP contribution in [-0.4, -0.2) is 27.3 Å². The maximum Gasteiger partial charge on any atom is 0.272 e. The number of fused-ring (bicyclic) bond motifs is 4. The number of benzene rings is 2. The van der Waals surface area contributed by atoms with Gasteiger partial charge in [0.1, 0.15) is 28.3 Å². The minimum atomic E-state index is -0.434. The molecule has 0 bridgehead atoms. The lowest BCUT2D eigenvalue weighted by atomic mass is 9.95. The van der Waals surface area contributed by atoms with Gasteiger partial charge in [-0.15, -0.1) is 0 Å². The van der Waals surface area contributed by atoms with E-state index < -0.39 is 11.4 Å². The van der Waals surface area contributed by atoms with Crippen LogP contribution in [0.3, 0.4) is 0 Å². The van der Waals surface area contributed by atoms with E-state index in [9.17, 15) is 9.18 Å². The van der Waals surface area contributed by atoms with Crippen LogP contribution in [0, 0.1) is 5.82 Å². The minimum absolute atomic E-state index is 0.0342. The number of aromatic nitrogens is 4. The van der Waals surface area contributed by atoms with Crippen molar-refractivity contribution in [2.24, 2.45) is 0 Å². The van der Waals surface area contributed by atoms with E-state index in [1.54, 1.807) is 31.5 Å². The number of hydrogen-bond donors (Lipinski definition) is 3. The van der Waals surface area contributed by atoms with E-state index in [0.29, 0.717) is 38.7 Å². The summed E-state index contributed by atoms with van der Waals surface area (Å²) < 4.78 is 19.7. The SMILES string of the molecule is COc1cc2c(-c3ccc(F)c4[nH]ncc34)c(N)c(=O)[nH]c2c2cccnc12. The van der Waals surface area contributed by atoms with Crippen LogP contribution in [0.5, 0.6) is 5.75 Å². The number of H-pyrrole nitrogens is 2. The van der Waals surface area contributed by atoms with Gasteiger partial charge in [-0.2, -0.15) is 5.10 Å². The van der Waals surface area contributed by atoms with Crippen LogP contribution in [0.4, 0.5) is 10.1 Å². The fraction of sp³-hybridized carbons (Fsp3) is 0.0500. The first-order chi connectivity index (χ1) is 13.6. The number of aromatic amines is 2. The van der Waals surface area contributed by atoms with Crippen molar-refractivity contribution < 1.29 is 9.13 Å². The molecular formula is C20H14FN5O2. The van der Waals surface area contributed by atoms with E-state index >= 15 is 0 Å². The van der Waals surface area contributed by atoms with E-state index in [-0.39, 0.29) is 11.2 Å². The number of hydrogen-bond acceptors (Lipinski definition) is 5. The summed E-state index contributed by atoms with van der Waals surface area (Å²) in [7, 11) is 1.55. The number of rotatable bonds is 2. The first-order valence-corrected chi connectivity index (χ1v) is 8.49. The summed E-state index contributed by atoms with van der Waals surface area (Å²) >= 11 is 0. The van der Waals surface area contributed by atoms with Crippen molar-refractivity contribution in [2.75, 3.05) is 12.8 Å². The Morgan fingerprint density at radius 3 is 2.82 bits per heavy atom. The quantitative estimate of drug-likeness (QED) is 0.410. The number of nitrogens with zero attached hydrogens (tertiary/aromatic N) is 2. The second-order valence-corrected chi connectivity index (χ2v) is 6.40. The molecule has 0 saturated heterocycles. The maximum absolute atomic E-state index is 14.1. The topological polar surface area (TPSA) is 110 Å². The zero-order valence-electron chi connectivity index (χ0n) is 14.7. The first-order valence-electron chi connectivity index (χ1n) is 8.49. The number of halogens is 1. The number of methoxy groups -OCH3 is 1. The second-order valence-electron chi connectivity index (χ2n) is 6.40. The van der Waals surface area contributed by atoms with E-state index in [1.165, 1.54) is 12.3 Å². The number of nitrogens with two attached hydrogens (primary N) is 1. The molecule has 2 aromatic carbocycles. The number of pyridine rings is 2. The molecule has 0 unspecified atom stereocenters. The van der Waals surface area contributed by atoms with Crippen LogP contribution in [-0.2, 0) is 0 Å². The smallest absolute Gasteiger partial charge is 0.272 e. The lowest BCUT2D eigenvalue weighted by molar-refractivity contribution is 0.419. The Bertz CT molecular complexity index is 1450. The summed E-state index contributed by atoms with van der Waals surface area (Å²) in [6.45, 7) is 0. The highest BCUT2D eigenvalue weighted by atomic mass is 19.1. The molecule has 7 nitrogen and oxygen atoms in total. The van der Waals surface area contributed by atoms with Crippen molar-refractivity contribution in [3.05, 3.63) is 58.9 Å². The van der Waals surface area contributed by atoms with Gasteiger partial charge in [-0.3, -0.25) is 14.9 Å². The van der Waals surface area contributed by atoms with Gasteiger partial charge in [0.15, 0.2) is 0 Å². The molecule has 5 rings (SSSR count). The lowest BCUT2D eigenvalue weighted by Crippen LogP contribution is -2.14. The minimum Gasteiger partial charge on any atom is -0.494 e. The third-order valence-corrected chi connectivity index (χ3v) is 4.93. The van der Waals surface area contributed by atoms with Crippen LogP contribution < -0.4 is 16.0 Å². The molecule has 0 aliphatic rings. The normalized spacial score (nSPS) is 11.5. The van der Waals surface area contributed by atoms with Gasteiger partial charge >= 0.3 is 0 Å². The molecule has 0 aliphatic carbocycles. The predicted octanol–water partition coefficient (Wildman–Crippen LogP) is 3.35. The van der Waals surface area contributed by atoms with Crippen molar-refractivity contribution >= 4 is 38.4 Å². The Morgan fingerprint density at radius 1 is 1.14 bits per heavy atom. The number of ether oxygens (including phenoxy) is 1. The van der Waals surface area contributed by atoms with Crippen LogP contribution in [0.2, 0.25) is 0 Å². The third-order valence-electron chi connectivity index (χ3n) is 4.93.